The van der Waals surface area contributed by atoms with Crippen LogP contribution in [0.5, 0.6) is 0 Å². The molecule has 0 unspecified atom stereocenters. The van der Waals surface area contributed by atoms with Crippen molar-refractivity contribution in [1.82, 2.24) is 25.1 Å². The molecule has 1 aromatic rings. The molecule has 110 valence electrons. The predicted octanol–water partition coefficient (Wildman–Crippen LogP) is 1.93. The molecule has 0 radical (unpaired) electrons. The number of aromatic nitrogens is 4. The molecule has 1 amide bonds. The molecule has 1 spiro atoms. The number of nitrogens with zero attached hydrogens (tertiary/aromatic N) is 5. The summed E-state index contributed by atoms with van der Waals surface area (Å²) in [7, 11) is 1.70. The largest absolute Gasteiger partial charge is 0.330 e. The van der Waals surface area contributed by atoms with Crippen LogP contribution in [0.25, 0.3) is 0 Å². The second kappa shape index (κ2) is 5.50. The van der Waals surface area contributed by atoms with Crippen molar-refractivity contribution < 1.29 is 4.79 Å². The molecule has 0 atom stereocenters. The molecule has 6 heteroatoms. The number of aryl methyl sites for hydroxylation is 1. The summed E-state index contributed by atoms with van der Waals surface area (Å²) >= 11 is 0. The van der Waals surface area contributed by atoms with Crippen molar-refractivity contribution in [2.75, 3.05) is 6.54 Å². The van der Waals surface area contributed by atoms with E-state index < -0.39 is 0 Å². The van der Waals surface area contributed by atoms with Crippen LogP contribution in [0.2, 0.25) is 0 Å². The van der Waals surface area contributed by atoms with E-state index in [1.165, 1.54) is 36.9 Å². The maximum atomic E-state index is 12.7. The van der Waals surface area contributed by atoms with Crippen molar-refractivity contribution in [1.29, 1.82) is 0 Å². The Morgan fingerprint density at radius 3 is 2.30 bits per heavy atom. The van der Waals surface area contributed by atoms with Crippen molar-refractivity contribution in [3.05, 3.63) is 5.82 Å². The van der Waals surface area contributed by atoms with Gasteiger partial charge in [0.15, 0.2) is 0 Å². The molecule has 0 N–H and O–H groups in total. The van der Waals surface area contributed by atoms with Gasteiger partial charge in [-0.15, -0.1) is 10.2 Å². The van der Waals surface area contributed by atoms with E-state index in [2.05, 4.69) is 20.3 Å². The minimum absolute atomic E-state index is 0.0281. The Balaban J connectivity index is 1.86. The molecule has 1 aromatic heterocycles. The number of amides is 1. The van der Waals surface area contributed by atoms with E-state index in [4.69, 9.17) is 0 Å². The summed E-state index contributed by atoms with van der Waals surface area (Å²) in [6.45, 7) is 0.844. The molecular formula is C14H23N5O. The number of piperidine rings is 1. The molecule has 1 aliphatic carbocycles. The van der Waals surface area contributed by atoms with E-state index in [-0.39, 0.29) is 17.3 Å². The van der Waals surface area contributed by atoms with Crippen LogP contribution in [0.15, 0.2) is 0 Å². The van der Waals surface area contributed by atoms with Crippen LogP contribution in [0.3, 0.4) is 0 Å². The lowest BCUT2D eigenvalue weighted by Crippen LogP contribution is -2.54. The van der Waals surface area contributed by atoms with Crippen LogP contribution in [-0.4, -0.2) is 43.1 Å². The summed E-state index contributed by atoms with van der Waals surface area (Å²) in [6.07, 6.45) is 10.8. The minimum Gasteiger partial charge on any atom is -0.330 e. The number of hydrogen-bond donors (Lipinski definition) is 0. The van der Waals surface area contributed by atoms with Gasteiger partial charge in [0.25, 0.3) is 11.7 Å². The first-order valence-corrected chi connectivity index (χ1v) is 7.77. The molecule has 1 saturated heterocycles. The Hall–Kier alpha value is -1.46. The molecular weight excluding hydrogens is 254 g/mol. The molecule has 0 aromatic carbocycles. The lowest BCUT2D eigenvalue weighted by atomic mass is 9.80. The lowest BCUT2D eigenvalue weighted by molar-refractivity contribution is 0.0236. The molecule has 20 heavy (non-hydrogen) atoms. The van der Waals surface area contributed by atoms with Crippen LogP contribution in [0.1, 0.15) is 68.4 Å². The summed E-state index contributed by atoms with van der Waals surface area (Å²) in [5.41, 5.74) is 0.0606. The average molecular weight is 277 g/mol. The number of hydrogen-bond acceptors (Lipinski definition) is 4. The SMILES string of the molecule is Cn1nnc(C(=O)N2CCCCC23CCCCCC3)n1. The Morgan fingerprint density at radius 1 is 1.05 bits per heavy atom. The number of rotatable bonds is 1. The Labute approximate surface area is 119 Å². The maximum Gasteiger partial charge on any atom is 0.295 e. The quantitative estimate of drug-likeness (QED) is 0.787. The van der Waals surface area contributed by atoms with Crippen LogP contribution in [-0.2, 0) is 7.05 Å². The van der Waals surface area contributed by atoms with Crippen LogP contribution in [0, 0.1) is 0 Å². The molecule has 3 rings (SSSR count). The monoisotopic (exact) mass is 277 g/mol. The van der Waals surface area contributed by atoms with Gasteiger partial charge >= 0.3 is 0 Å². The second-order valence-corrected chi connectivity index (χ2v) is 6.15. The van der Waals surface area contributed by atoms with E-state index in [0.29, 0.717) is 0 Å². The number of carbonyl (C=O) groups excluding carboxylic acids is 1. The predicted molar refractivity (Wildman–Crippen MR) is 74.1 cm³/mol. The van der Waals surface area contributed by atoms with E-state index in [1.54, 1.807) is 7.05 Å². The highest BCUT2D eigenvalue weighted by atomic mass is 16.2. The van der Waals surface area contributed by atoms with Gasteiger partial charge in [-0.05, 0) is 37.3 Å². The van der Waals surface area contributed by atoms with Crippen molar-refractivity contribution >= 4 is 5.91 Å². The zero-order valence-corrected chi connectivity index (χ0v) is 12.2. The van der Waals surface area contributed by atoms with Gasteiger partial charge in [0.2, 0.25) is 0 Å². The van der Waals surface area contributed by atoms with Gasteiger partial charge in [-0.2, -0.15) is 4.80 Å². The van der Waals surface area contributed by atoms with Gasteiger partial charge in [-0.25, -0.2) is 0 Å². The molecule has 2 aliphatic rings. The fraction of sp³-hybridized carbons (Fsp3) is 0.857. The molecule has 2 heterocycles. The molecule has 0 bridgehead atoms. The van der Waals surface area contributed by atoms with E-state index >= 15 is 0 Å². The van der Waals surface area contributed by atoms with Gasteiger partial charge in [-0.3, -0.25) is 4.79 Å². The van der Waals surface area contributed by atoms with Gasteiger partial charge in [0.1, 0.15) is 0 Å². The highest BCUT2D eigenvalue weighted by Crippen LogP contribution is 2.40. The number of carbonyl (C=O) groups is 1. The molecule has 2 fully saturated rings. The third-order valence-electron chi connectivity index (χ3n) is 4.83. The first kappa shape index (κ1) is 13.5. The first-order chi connectivity index (χ1) is 9.71. The Morgan fingerprint density at radius 2 is 1.70 bits per heavy atom. The first-order valence-electron chi connectivity index (χ1n) is 7.77. The second-order valence-electron chi connectivity index (χ2n) is 6.15. The summed E-state index contributed by atoms with van der Waals surface area (Å²) in [5.74, 6) is 0.220. The highest BCUT2D eigenvalue weighted by molar-refractivity contribution is 5.90. The molecule has 1 saturated carbocycles. The minimum atomic E-state index is -0.0281. The average Bonchev–Trinajstić information content (AvgIpc) is 2.76. The van der Waals surface area contributed by atoms with Gasteiger partial charge in [0, 0.05) is 12.1 Å². The van der Waals surface area contributed by atoms with Gasteiger partial charge < -0.3 is 4.90 Å². The van der Waals surface area contributed by atoms with Crippen molar-refractivity contribution in [2.24, 2.45) is 7.05 Å². The number of tetrazole rings is 1. The highest BCUT2D eigenvalue weighted by Gasteiger charge is 2.42. The van der Waals surface area contributed by atoms with Crippen molar-refractivity contribution in [3.8, 4) is 0 Å². The normalized spacial score (nSPS) is 22.8. The number of likely N-dealkylation sites (tertiary alicyclic amines) is 1. The van der Waals surface area contributed by atoms with Crippen molar-refractivity contribution in [3.63, 3.8) is 0 Å². The van der Waals surface area contributed by atoms with Crippen LogP contribution < -0.4 is 0 Å². The lowest BCUT2D eigenvalue weighted by Gasteiger charge is -2.47. The summed E-state index contributed by atoms with van der Waals surface area (Å²) in [6, 6.07) is 0. The topological polar surface area (TPSA) is 63.9 Å². The fourth-order valence-corrected chi connectivity index (χ4v) is 3.81. The summed E-state index contributed by atoms with van der Waals surface area (Å²) < 4.78 is 0. The van der Waals surface area contributed by atoms with E-state index in [1.807, 2.05) is 0 Å². The zero-order chi connectivity index (χ0) is 14.0. The van der Waals surface area contributed by atoms with Crippen molar-refractivity contribution in [2.45, 2.75) is 63.3 Å². The molecule has 1 aliphatic heterocycles. The fourth-order valence-electron chi connectivity index (χ4n) is 3.81. The maximum absolute atomic E-state index is 12.7. The zero-order valence-electron chi connectivity index (χ0n) is 12.2. The smallest absolute Gasteiger partial charge is 0.295 e. The van der Waals surface area contributed by atoms with Gasteiger partial charge in [0.05, 0.1) is 7.05 Å². The van der Waals surface area contributed by atoms with E-state index in [9.17, 15) is 4.79 Å². The third-order valence-corrected chi connectivity index (χ3v) is 4.83. The van der Waals surface area contributed by atoms with Gasteiger partial charge in [-0.1, -0.05) is 25.7 Å². The summed E-state index contributed by atoms with van der Waals surface area (Å²) in [4.78, 5) is 16.2. The standard InChI is InChI=1S/C14H23N5O/c1-18-16-12(15-17-18)13(20)19-11-7-6-10-14(19)8-4-2-3-5-9-14/h2-11H2,1H3. The Kier molecular flexibility index (Phi) is 3.72. The Bertz CT molecular complexity index is 476. The van der Waals surface area contributed by atoms with E-state index in [0.717, 1.165) is 32.2 Å². The summed E-state index contributed by atoms with van der Waals surface area (Å²) in [5, 5.41) is 11.8. The third kappa shape index (κ3) is 2.43. The van der Waals surface area contributed by atoms with Crippen LogP contribution >= 0.6 is 0 Å². The van der Waals surface area contributed by atoms with Crippen LogP contribution in [0.4, 0.5) is 0 Å². The molecule has 6 nitrogen and oxygen atoms in total.